The minimum atomic E-state index is 0.447. The number of likely N-dealkylation sites (tertiary alicyclic amines) is 1. The van der Waals surface area contributed by atoms with E-state index in [1.54, 1.807) is 0 Å². The van der Waals surface area contributed by atoms with Crippen LogP contribution in [-0.2, 0) is 0 Å². The number of hydrogen-bond acceptors (Lipinski definition) is 2. The minimum absolute atomic E-state index is 0.447. The highest BCUT2D eigenvalue weighted by Gasteiger charge is 2.45. The lowest BCUT2D eigenvalue weighted by Crippen LogP contribution is -2.58. The molecule has 0 aromatic rings. The van der Waals surface area contributed by atoms with E-state index in [1.807, 2.05) is 0 Å². The summed E-state index contributed by atoms with van der Waals surface area (Å²) in [6.45, 7) is 15.7. The van der Waals surface area contributed by atoms with Crippen molar-refractivity contribution in [1.82, 2.24) is 10.2 Å². The molecule has 20 heavy (non-hydrogen) atoms. The van der Waals surface area contributed by atoms with Gasteiger partial charge in [0.15, 0.2) is 0 Å². The van der Waals surface area contributed by atoms with Crippen LogP contribution >= 0.6 is 0 Å². The number of nitrogens with one attached hydrogen (secondary N) is 1. The third-order valence-electron chi connectivity index (χ3n) is 6.41. The maximum absolute atomic E-state index is 3.82. The van der Waals surface area contributed by atoms with Crippen molar-refractivity contribution in [3.05, 3.63) is 0 Å². The summed E-state index contributed by atoms with van der Waals surface area (Å²) in [4.78, 5) is 2.83. The Morgan fingerprint density at radius 1 is 1.10 bits per heavy atom. The molecule has 118 valence electrons. The predicted molar refractivity (Wildman–Crippen MR) is 88.1 cm³/mol. The molecule has 1 N–H and O–H groups in total. The van der Waals surface area contributed by atoms with Crippen LogP contribution in [0.2, 0.25) is 0 Å². The van der Waals surface area contributed by atoms with Crippen LogP contribution in [0.1, 0.15) is 73.1 Å². The zero-order valence-corrected chi connectivity index (χ0v) is 14.5. The average molecular weight is 280 g/mol. The summed E-state index contributed by atoms with van der Waals surface area (Å²) < 4.78 is 0. The van der Waals surface area contributed by atoms with Gasteiger partial charge in [-0.3, -0.25) is 4.90 Å². The lowest BCUT2D eigenvalue weighted by Gasteiger charge is -2.48. The van der Waals surface area contributed by atoms with Crippen LogP contribution in [-0.4, -0.2) is 36.6 Å². The molecule has 0 amide bonds. The van der Waals surface area contributed by atoms with Gasteiger partial charge in [0.2, 0.25) is 0 Å². The van der Waals surface area contributed by atoms with Crippen LogP contribution in [0.25, 0.3) is 0 Å². The van der Waals surface area contributed by atoms with E-state index in [2.05, 4.69) is 44.8 Å². The predicted octanol–water partition coefficient (Wildman–Crippen LogP) is 4.06. The second-order valence-electron chi connectivity index (χ2n) is 7.91. The van der Waals surface area contributed by atoms with Gasteiger partial charge in [-0.05, 0) is 56.0 Å². The van der Waals surface area contributed by atoms with Crippen LogP contribution in [0.15, 0.2) is 0 Å². The second kappa shape index (κ2) is 6.36. The Kier molecular flexibility index (Phi) is 5.18. The van der Waals surface area contributed by atoms with Gasteiger partial charge in [-0.1, -0.05) is 41.0 Å². The Hall–Kier alpha value is -0.0800. The zero-order chi connectivity index (χ0) is 14.8. The molecule has 2 heteroatoms. The molecule has 2 fully saturated rings. The summed E-state index contributed by atoms with van der Waals surface area (Å²) in [7, 11) is 0. The summed E-state index contributed by atoms with van der Waals surface area (Å²) in [6, 6.07) is 1.43. The van der Waals surface area contributed by atoms with Gasteiger partial charge in [0.25, 0.3) is 0 Å². The van der Waals surface area contributed by atoms with Gasteiger partial charge in [0, 0.05) is 18.6 Å². The van der Waals surface area contributed by atoms with Gasteiger partial charge < -0.3 is 5.32 Å². The van der Waals surface area contributed by atoms with Crippen LogP contribution in [0.5, 0.6) is 0 Å². The van der Waals surface area contributed by atoms with Gasteiger partial charge in [-0.2, -0.15) is 0 Å². The van der Waals surface area contributed by atoms with E-state index < -0.39 is 0 Å². The normalized spacial score (nSPS) is 33.5. The number of likely N-dealkylation sites (N-methyl/N-ethyl adjacent to an activating group) is 1. The molecule has 0 radical (unpaired) electrons. The fourth-order valence-corrected chi connectivity index (χ4v) is 4.72. The maximum atomic E-state index is 3.82. The lowest BCUT2D eigenvalue weighted by molar-refractivity contribution is 0.0546. The third kappa shape index (κ3) is 3.06. The fourth-order valence-electron chi connectivity index (χ4n) is 4.72. The first-order chi connectivity index (χ1) is 9.48. The molecule has 1 saturated carbocycles. The first-order valence-corrected chi connectivity index (χ1v) is 8.95. The van der Waals surface area contributed by atoms with Gasteiger partial charge in [-0.15, -0.1) is 0 Å². The Labute approximate surface area is 126 Å². The molecule has 0 spiro atoms. The Balaban J connectivity index is 2.10. The molecule has 1 saturated heterocycles. The van der Waals surface area contributed by atoms with Gasteiger partial charge in [-0.25, -0.2) is 0 Å². The largest absolute Gasteiger partial charge is 0.312 e. The topological polar surface area (TPSA) is 15.3 Å². The first kappa shape index (κ1) is 16.3. The van der Waals surface area contributed by atoms with Crippen molar-refractivity contribution >= 4 is 0 Å². The minimum Gasteiger partial charge on any atom is -0.312 e. The van der Waals surface area contributed by atoms with E-state index in [9.17, 15) is 0 Å². The van der Waals surface area contributed by atoms with Gasteiger partial charge in [0.05, 0.1) is 0 Å². The average Bonchev–Trinajstić information content (AvgIpc) is 2.86. The standard InChI is InChI=1S/C18H36N2/c1-6-18(7-2)12-13-20(14-18)15-10-9-11-17(4,5)16(15)19-8-3/h15-16,19H,6-14H2,1-5H3. The molecule has 1 aliphatic carbocycles. The zero-order valence-electron chi connectivity index (χ0n) is 14.5. The van der Waals surface area contributed by atoms with Gasteiger partial charge >= 0.3 is 0 Å². The molecule has 0 aromatic heterocycles. The molecule has 2 rings (SSSR count). The van der Waals surface area contributed by atoms with E-state index >= 15 is 0 Å². The number of nitrogens with zero attached hydrogens (tertiary/aromatic N) is 1. The van der Waals surface area contributed by atoms with E-state index in [0.29, 0.717) is 16.9 Å². The van der Waals surface area contributed by atoms with Crippen LogP contribution in [0.3, 0.4) is 0 Å². The number of rotatable bonds is 5. The Bertz CT molecular complexity index is 307. The highest BCUT2D eigenvalue weighted by Crippen LogP contribution is 2.43. The van der Waals surface area contributed by atoms with Crippen molar-refractivity contribution in [1.29, 1.82) is 0 Å². The third-order valence-corrected chi connectivity index (χ3v) is 6.41. The fraction of sp³-hybridized carbons (Fsp3) is 1.00. The Morgan fingerprint density at radius 3 is 2.35 bits per heavy atom. The number of hydrogen-bond donors (Lipinski definition) is 1. The van der Waals surface area contributed by atoms with Crippen molar-refractivity contribution in [3.63, 3.8) is 0 Å². The highest BCUT2D eigenvalue weighted by atomic mass is 15.2. The smallest absolute Gasteiger partial charge is 0.0274 e. The van der Waals surface area contributed by atoms with E-state index in [4.69, 9.17) is 0 Å². The van der Waals surface area contributed by atoms with Crippen molar-refractivity contribution in [2.24, 2.45) is 10.8 Å². The van der Waals surface area contributed by atoms with Crippen molar-refractivity contribution in [3.8, 4) is 0 Å². The first-order valence-electron chi connectivity index (χ1n) is 8.95. The van der Waals surface area contributed by atoms with E-state index in [1.165, 1.54) is 51.6 Å². The molecule has 0 bridgehead atoms. The van der Waals surface area contributed by atoms with E-state index in [0.717, 1.165) is 12.6 Å². The van der Waals surface area contributed by atoms with Crippen LogP contribution in [0, 0.1) is 10.8 Å². The summed E-state index contributed by atoms with van der Waals surface area (Å²) in [5.74, 6) is 0. The molecule has 2 unspecified atom stereocenters. The maximum Gasteiger partial charge on any atom is 0.0274 e. The monoisotopic (exact) mass is 280 g/mol. The molecule has 0 aromatic carbocycles. The second-order valence-corrected chi connectivity index (χ2v) is 7.91. The lowest BCUT2D eigenvalue weighted by atomic mass is 9.70. The molecule has 2 aliphatic rings. The van der Waals surface area contributed by atoms with Crippen molar-refractivity contribution in [2.45, 2.75) is 85.2 Å². The molecule has 2 atom stereocenters. The molecule has 1 heterocycles. The molecular weight excluding hydrogens is 244 g/mol. The summed E-state index contributed by atoms with van der Waals surface area (Å²) in [5.41, 5.74) is 1.06. The molecule has 1 aliphatic heterocycles. The van der Waals surface area contributed by atoms with Crippen molar-refractivity contribution < 1.29 is 0 Å². The van der Waals surface area contributed by atoms with E-state index in [-0.39, 0.29) is 0 Å². The summed E-state index contributed by atoms with van der Waals surface area (Å²) >= 11 is 0. The van der Waals surface area contributed by atoms with Crippen LogP contribution in [0.4, 0.5) is 0 Å². The molecular formula is C18H36N2. The molecule has 2 nitrogen and oxygen atoms in total. The van der Waals surface area contributed by atoms with Crippen molar-refractivity contribution in [2.75, 3.05) is 19.6 Å². The summed E-state index contributed by atoms with van der Waals surface area (Å²) in [6.07, 6.45) is 8.29. The SMILES string of the molecule is CCNC1C(N2CCC(CC)(CC)C2)CCCC1(C)C. The van der Waals surface area contributed by atoms with Gasteiger partial charge in [0.1, 0.15) is 0 Å². The van der Waals surface area contributed by atoms with Crippen LogP contribution < -0.4 is 5.32 Å². The Morgan fingerprint density at radius 2 is 1.80 bits per heavy atom. The quantitative estimate of drug-likeness (QED) is 0.817. The summed E-state index contributed by atoms with van der Waals surface area (Å²) in [5, 5.41) is 3.82. The highest BCUT2D eigenvalue weighted by molar-refractivity contribution is 5.01.